The zero-order valence-corrected chi connectivity index (χ0v) is 14.6. The molecule has 0 N–H and O–H groups in total. The van der Waals surface area contributed by atoms with Gasteiger partial charge in [0.2, 0.25) is 0 Å². The number of para-hydroxylation sites is 1. The predicted molar refractivity (Wildman–Crippen MR) is 96.7 cm³/mol. The first-order valence-corrected chi connectivity index (χ1v) is 8.64. The summed E-state index contributed by atoms with van der Waals surface area (Å²) < 4.78 is 7.50. The lowest BCUT2D eigenvalue weighted by Gasteiger charge is -2.27. The van der Waals surface area contributed by atoms with Crippen LogP contribution in [0.4, 0.5) is 0 Å². The molecule has 3 heterocycles. The van der Waals surface area contributed by atoms with E-state index in [1.807, 2.05) is 60.4 Å². The molecule has 6 nitrogen and oxygen atoms in total. The molecule has 0 radical (unpaired) electrons. The molecular weight excluding hydrogens is 328 g/mol. The molecular formula is C20H20N4O2. The molecule has 1 aliphatic heterocycles. The van der Waals surface area contributed by atoms with Crippen LogP contribution in [0.15, 0.2) is 54.7 Å². The normalized spacial score (nSPS) is 13.6. The molecule has 1 amide bonds. The topological polar surface area (TPSA) is 60.3 Å². The number of ether oxygens (including phenoxy) is 1. The molecule has 0 saturated heterocycles. The Balaban J connectivity index is 1.45. The van der Waals surface area contributed by atoms with Crippen molar-refractivity contribution in [3.8, 4) is 5.75 Å². The zero-order chi connectivity index (χ0) is 17.9. The molecule has 2 aromatic heterocycles. The molecule has 3 aromatic rings. The number of aryl methyl sites for hydroxylation is 1. The Morgan fingerprint density at radius 1 is 1.08 bits per heavy atom. The van der Waals surface area contributed by atoms with E-state index in [9.17, 15) is 4.79 Å². The highest BCUT2D eigenvalue weighted by molar-refractivity contribution is 5.93. The second kappa shape index (κ2) is 7.00. The summed E-state index contributed by atoms with van der Waals surface area (Å²) in [6.45, 7) is 4.19. The Hall–Kier alpha value is -3.15. The van der Waals surface area contributed by atoms with Crippen LogP contribution in [0.3, 0.4) is 0 Å². The van der Waals surface area contributed by atoms with Crippen LogP contribution in [0, 0.1) is 6.92 Å². The van der Waals surface area contributed by atoms with E-state index in [0.29, 0.717) is 31.9 Å². The van der Waals surface area contributed by atoms with Gasteiger partial charge in [-0.2, -0.15) is 5.10 Å². The molecule has 0 aliphatic carbocycles. The van der Waals surface area contributed by atoms with Crippen LogP contribution in [-0.2, 0) is 19.7 Å². The fourth-order valence-corrected chi connectivity index (χ4v) is 3.07. The van der Waals surface area contributed by atoms with Crippen LogP contribution in [0.2, 0.25) is 0 Å². The highest BCUT2D eigenvalue weighted by Crippen LogP contribution is 2.18. The number of hydrogen-bond acceptors (Lipinski definition) is 4. The molecule has 0 saturated carbocycles. The second-order valence-electron chi connectivity index (χ2n) is 6.40. The largest absolute Gasteiger partial charge is 0.487 e. The van der Waals surface area contributed by atoms with Crippen molar-refractivity contribution in [1.29, 1.82) is 0 Å². The molecule has 1 aromatic carbocycles. The number of carbonyl (C=O) groups excluding carboxylic acids is 1. The summed E-state index contributed by atoms with van der Waals surface area (Å²) in [6, 6.07) is 15.4. The van der Waals surface area contributed by atoms with Gasteiger partial charge in [0.15, 0.2) is 0 Å². The number of nitrogens with zero attached hydrogens (tertiary/aromatic N) is 4. The van der Waals surface area contributed by atoms with Crippen molar-refractivity contribution in [3.63, 3.8) is 0 Å². The lowest BCUT2D eigenvalue weighted by atomic mass is 10.2. The van der Waals surface area contributed by atoms with Crippen LogP contribution in [0.5, 0.6) is 5.75 Å². The van der Waals surface area contributed by atoms with E-state index in [1.54, 1.807) is 10.9 Å². The maximum absolute atomic E-state index is 12.8. The summed E-state index contributed by atoms with van der Waals surface area (Å²) in [5.74, 6) is 0.773. The quantitative estimate of drug-likeness (QED) is 0.711. The van der Waals surface area contributed by atoms with Gasteiger partial charge >= 0.3 is 0 Å². The standard InChI is InChI=1S/C20H20N4O2/c1-15-7-8-21-16(11-15)13-23-9-10-24-19(20(23)25)12-17(22-24)14-26-18-5-3-2-4-6-18/h2-8,11-12H,9-10,13-14H2,1H3. The van der Waals surface area contributed by atoms with Crippen LogP contribution in [-0.4, -0.2) is 32.1 Å². The minimum Gasteiger partial charge on any atom is -0.487 e. The number of aromatic nitrogens is 3. The molecule has 0 fully saturated rings. The number of hydrogen-bond donors (Lipinski definition) is 0. The summed E-state index contributed by atoms with van der Waals surface area (Å²) in [6.07, 6.45) is 1.78. The van der Waals surface area contributed by atoms with Gasteiger partial charge in [-0.1, -0.05) is 18.2 Å². The third-order valence-electron chi connectivity index (χ3n) is 4.37. The number of pyridine rings is 1. The van der Waals surface area contributed by atoms with E-state index in [4.69, 9.17) is 4.74 Å². The van der Waals surface area contributed by atoms with Crippen molar-refractivity contribution in [2.75, 3.05) is 6.54 Å². The van der Waals surface area contributed by atoms with E-state index in [1.165, 1.54) is 0 Å². The summed E-state index contributed by atoms with van der Waals surface area (Å²) in [5, 5.41) is 4.50. The SMILES string of the molecule is Cc1ccnc(CN2CCn3nc(COc4ccccc4)cc3C2=O)c1. The van der Waals surface area contributed by atoms with Gasteiger partial charge in [0.25, 0.3) is 5.91 Å². The van der Waals surface area contributed by atoms with E-state index in [0.717, 1.165) is 22.7 Å². The Labute approximate surface area is 152 Å². The smallest absolute Gasteiger partial charge is 0.272 e. The van der Waals surface area contributed by atoms with Crippen molar-refractivity contribution in [1.82, 2.24) is 19.7 Å². The molecule has 6 heteroatoms. The maximum atomic E-state index is 12.8. The average molecular weight is 348 g/mol. The molecule has 0 atom stereocenters. The molecule has 1 aliphatic rings. The van der Waals surface area contributed by atoms with Crippen molar-refractivity contribution in [3.05, 3.63) is 77.4 Å². The van der Waals surface area contributed by atoms with Crippen LogP contribution >= 0.6 is 0 Å². The Morgan fingerprint density at radius 3 is 2.73 bits per heavy atom. The Morgan fingerprint density at radius 2 is 1.92 bits per heavy atom. The number of fused-ring (bicyclic) bond motifs is 1. The minimum absolute atomic E-state index is 0.0157. The van der Waals surface area contributed by atoms with Gasteiger partial charge in [-0.05, 0) is 42.8 Å². The van der Waals surface area contributed by atoms with Gasteiger partial charge in [-0.3, -0.25) is 14.5 Å². The minimum atomic E-state index is -0.0157. The van der Waals surface area contributed by atoms with Crippen molar-refractivity contribution in [2.45, 2.75) is 26.6 Å². The molecule has 0 bridgehead atoms. The zero-order valence-electron chi connectivity index (χ0n) is 14.6. The first-order chi connectivity index (χ1) is 12.7. The van der Waals surface area contributed by atoms with E-state index < -0.39 is 0 Å². The first kappa shape index (κ1) is 16.3. The fraction of sp³-hybridized carbons (Fsp3) is 0.250. The van der Waals surface area contributed by atoms with Gasteiger partial charge in [0.1, 0.15) is 23.7 Å². The molecule has 132 valence electrons. The number of rotatable bonds is 5. The van der Waals surface area contributed by atoms with Crippen molar-refractivity contribution < 1.29 is 9.53 Å². The van der Waals surface area contributed by atoms with Crippen molar-refractivity contribution in [2.24, 2.45) is 0 Å². The van der Waals surface area contributed by atoms with E-state index in [-0.39, 0.29) is 5.91 Å². The van der Waals surface area contributed by atoms with Gasteiger partial charge in [0, 0.05) is 12.7 Å². The number of carbonyl (C=O) groups is 1. The lowest BCUT2D eigenvalue weighted by Crippen LogP contribution is -2.40. The summed E-state index contributed by atoms with van der Waals surface area (Å²) in [5.41, 5.74) is 3.41. The predicted octanol–water partition coefficient (Wildman–Crippen LogP) is 2.82. The van der Waals surface area contributed by atoms with Gasteiger partial charge in [-0.25, -0.2) is 0 Å². The summed E-state index contributed by atoms with van der Waals surface area (Å²) in [4.78, 5) is 19.0. The first-order valence-electron chi connectivity index (χ1n) is 8.64. The van der Waals surface area contributed by atoms with Gasteiger partial charge < -0.3 is 9.64 Å². The highest BCUT2D eigenvalue weighted by Gasteiger charge is 2.26. The maximum Gasteiger partial charge on any atom is 0.272 e. The Kier molecular flexibility index (Phi) is 4.39. The van der Waals surface area contributed by atoms with E-state index in [2.05, 4.69) is 10.1 Å². The third kappa shape index (κ3) is 3.44. The fourth-order valence-electron chi connectivity index (χ4n) is 3.07. The third-order valence-corrected chi connectivity index (χ3v) is 4.37. The highest BCUT2D eigenvalue weighted by atomic mass is 16.5. The summed E-state index contributed by atoms with van der Waals surface area (Å²) >= 11 is 0. The molecule has 4 rings (SSSR count). The summed E-state index contributed by atoms with van der Waals surface area (Å²) in [7, 11) is 0. The number of amides is 1. The average Bonchev–Trinajstić information content (AvgIpc) is 3.07. The van der Waals surface area contributed by atoms with Crippen LogP contribution < -0.4 is 4.74 Å². The number of benzene rings is 1. The van der Waals surface area contributed by atoms with E-state index >= 15 is 0 Å². The van der Waals surface area contributed by atoms with Gasteiger partial charge in [-0.15, -0.1) is 0 Å². The monoisotopic (exact) mass is 348 g/mol. The van der Waals surface area contributed by atoms with Gasteiger partial charge in [0.05, 0.1) is 18.8 Å². The Bertz CT molecular complexity index is 921. The molecule has 0 spiro atoms. The second-order valence-corrected chi connectivity index (χ2v) is 6.40. The van der Waals surface area contributed by atoms with Crippen molar-refractivity contribution >= 4 is 5.91 Å². The van der Waals surface area contributed by atoms with Crippen LogP contribution in [0.1, 0.15) is 27.4 Å². The van der Waals surface area contributed by atoms with Crippen LogP contribution in [0.25, 0.3) is 0 Å². The molecule has 26 heavy (non-hydrogen) atoms. The molecule has 0 unspecified atom stereocenters. The lowest BCUT2D eigenvalue weighted by molar-refractivity contribution is 0.0681.